The molecule has 0 aliphatic carbocycles. The van der Waals surface area contributed by atoms with Gasteiger partial charge in [-0.1, -0.05) is 44.2 Å². The van der Waals surface area contributed by atoms with Crippen LogP contribution >= 0.6 is 0 Å². The summed E-state index contributed by atoms with van der Waals surface area (Å²) in [7, 11) is 0. The molecule has 2 heteroatoms. The van der Waals surface area contributed by atoms with Gasteiger partial charge < -0.3 is 5.32 Å². The number of carbonyl (C=O) groups is 1. The predicted octanol–water partition coefficient (Wildman–Crippen LogP) is 2.97. The van der Waals surface area contributed by atoms with Gasteiger partial charge in [0.1, 0.15) is 5.78 Å². The first-order chi connectivity index (χ1) is 8.18. The summed E-state index contributed by atoms with van der Waals surface area (Å²) in [6.45, 7) is 5.18. The van der Waals surface area contributed by atoms with Crippen LogP contribution in [0.3, 0.4) is 0 Å². The molecule has 0 heterocycles. The van der Waals surface area contributed by atoms with Crippen molar-refractivity contribution in [2.75, 3.05) is 6.54 Å². The molecule has 0 aliphatic rings. The second-order valence-corrected chi connectivity index (χ2v) is 4.74. The number of carbonyl (C=O) groups excluding carboxylic acids is 1. The van der Waals surface area contributed by atoms with Crippen molar-refractivity contribution in [1.82, 2.24) is 5.32 Å². The van der Waals surface area contributed by atoms with Crippen LogP contribution in [0.2, 0.25) is 0 Å². The standard InChI is InChI=1S/C15H23NO/c1-13(2)16-12-6-9-15(17)11-10-14-7-4-3-5-8-14/h3-5,7-8,13,16H,6,9-12H2,1-2H3. The van der Waals surface area contributed by atoms with Crippen molar-refractivity contribution >= 4 is 5.78 Å². The third kappa shape index (κ3) is 6.90. The first kappa shape index (κ1) is 13.9. The van der Waals surface area contributed by atoms with Crippen molar-refractivity contribution in [3.05, 3.63) is 35.9 Å². The number of nitrogens with one attached hydrogen (secondary N) is 1. The van der Waals surface area contributed by atoms with Crippen molar-refractivity contribution < 1.29 is 4.79 Å². The molecule has 0 fully saturated rings. The van der Waals surface area contributed by atoms with Gasteiger partial charge in [-0.2, -0.15) is 0 Å². The molecule has 0 unspecified atom stereocenters. The van der Waals surface area contributed by atoms with Crippen LogP contribution in [0.1, 0.15) is 38.7 Å². The monoisotopic (exact) mass is 233 g/mol. The predicted molar refractivity (Wildman–Crippen MR) is 72.1 cm³/mol. The smallest absolute Gasteiger partial charge is 0.133 e. The molecule has 1 aromatic rings. The largest absolute Gasteiger partial charge is 0.315 e. The Balaban J connectivity index is 2.09. The topological polar surface area (TPSA) is 29.1 Å². The lowest BCUT2D eigenvalue weighted by molar-refractivity contribution is -0.119. The zero-order valence-corrected chi connectivity index (χ0v) is 10.9. The fourth-order valence-electron chi connectivity index (χ4n) is 1.73. The highest BCUT2D eigenvalue weighted by Gasteiger charge is 2.02. The Kier molecular flexibility index (Phi) is 6.56. The molecular formula is C15H23NO. The molecule has 0 aliphatic heterocycles. The van der Waals surface area contributed by atoms with E-state index in [0.717, 1.165) is 19.4 Å². The SMILES string of the molecule is CC(C)NCCCC(=O)CCc1ccccc1. The molecule has 2 nitrogen and oxygen atoms in total. The molecule has 1 aromatic carbocycles. The maximum atomic E-state index is 11.6. The van der Waals surface area contributed by atoms with E-state index in [2.05, 4.69) is 31.3 Å². The van der Waals surface area contributed by atoms with Gasteiger partial charge in [0.05, 0.1) is 0 Å². The minimum absolute atomic E-state index is 0.374. The minimum atomic E-state index is 0.374. The molecule has 0 amide bonds. The maximum absolute atomic E-state index is 11.6. The Morgan fingerprint density at radius 1 is 1.18 bits per heavy atom. The lowest BCUT2D eigenvalue weighted by Crippen LogP contribution is -2.24. The average molecular weight is 233 g/mol. The molecule has 0 spiro atoms. The first-order valence-corrected chi connectivity index (χ1v) is 6.47. The van der Waals surface area contributed by atoms with E-state index in [9.17, 15) is 4.79 Å². The van der Waals surface area contributed by atoms with Crippen LogP contribution in [-0.2, 0) is 11.2 Å². The van der Waals surface area contributed by atoms with Crippen molar-refractivity contribution in [3.63, 3.8) is 0 Å². The van der Waals surface area contributed by atoms with Gasteiger partial charge in [0.15, 0.2) is 0 Å². The molecule has 1 rings (SSSR count). The van der Waals surface area contributed by atoms with Crippen molar-refractivity contribution in [1.29, 1.82) is 0 Å². The first-order valence-electron chi connectivity index (χ1n) is 6.47. The maximum Gasteiger partial charge on any atom is 0.133 e. The third-order valence-corrected chi connectivity index (χ3v) is 2.72. The second-order valence-electron chi connectivity index (χ2n) is 4.74. The molecule has 0 radical (unpaired) electrons. The summed E-state index contributed by atoms with van der Waals surface area (Å²) >= 11 is 0. The molecule has 1 N–H and O–H groups in total. The van der Waals surface area contributed by atoms with Crippen LogP contribution in [0.25, 0.3) is 0 Å². The number of Topliss-reactive ketones (excluding diaryl/α,β-unsaturated/α-hetero) is 1. The van der Waals surface area contributed by atoms with Crippen LogP contribution in [0, 0.1) is 0 Å². The lowest BCUT2D eigenvalue weighted by Gasteiger charge is -2.07. The Morgan fingerprint density at radius 3 is 2.53 bits per heavy atom. The summed E-state index contributed by atoms with van der Waals surface area (Å²) in [5.41, 5.74) is 1.25. The Labute approximate surface area is 104 Å². The number of benzene rings is 1. The quantitative estimate of drug-likeness (QED) is 0.699. The van der Waals surface area contributed by atoms with E-state index in [1.807, 2.05) is 18.2 Å². The average Bonchev–Trinajstić information content (AvgIpc) is 2.33. The van der Waals surface area contributed by atoms with E-state index >= 15 is 0 Å². The zero-order chi connectivity index (χ0) is 12.5. The molecule has 17 heavy (non-hydrogen) atoms. The fraction of sp³-hybridized carbons (Fsp3) is 0.533. The Morgan fingerprint density at radius 2 is 1.88 bits per heavy atom. The van der Waals surface area contributed by atoms with Crippen LogP contribution in [0.4, 0.5) is 0 Å². The summed E-state index contributed by atoms with van der Waals surface area (Å²) in [6.07, 6.45) is 3.20. The highest BCUT2D eigenvalue weighted by molar-refractivity contribution is 5.78. The van der Waals surface area contributed by atoms with E-state index < -0.39 is 0 Å². The molecule has 94 valence electrons. The third-order valence-electron chi connectivity index (χ3n) is 2.72. The van der Waals surface area contributed by atoms with Crippen LogP contribution in [0.5, 0.6) is 0 Å². The molecule has 0 aromatic heterocycles. The van der Waals surface area contributed by atoms with Gasteiger partial charge >= 0.3 is 0 Å². The summed E-state index contributed by atoms with van der Waals surface area (Å²) in [4.78, 5) is 11.6. The minimum Gasteiger partial charge on any atom is -0.315 e. The van der Waals surface area contributed by atoms with Crippen LogP contribution < -0.4 is 5.32 Å². The number of rotatable bonds is 8. The molecule has 0 atom stereocenters. The number of hydrogen-bond acceptors (Lipinski definition) is 2. The molecule has 0 saturated carbocycles. The van der Waals surface area contributed by atoms with Gasteiger partial charge in [-0.15, -0.1) is 0 Å². The Bertz CT molecular complexity index is 319. The van der Waals surface area contributed by atoms with Gasteiger partial charge in [0, 0.05) is 18.9 Å². The van der Waals surface area contributed by atoms with Gasteiger partial charge in [0.25, 0.3) is 0 Å². The van der Waals surface area contributed by atoms with Gasteiger partial charge in [-0.3, -0.25) is 4.79 Å². The van der Waals surface area contributed by atoms with E-state index in [4.69, 9.17) is 0 Å². The van der Waals surface area contributed by atoms with Gasteiger partial charge in [-0.25, -0.2) is 0 Å². The normalized spacial score (nSPS) is 10.8. The number of hydrogen-bond donors (Lipinski definition) is 1. The second kappa shape index (κ2) is 8.02. The van der Waals surface area contributed by atoms with E-state index in [1.54, 1.807) is 0 Å². The molecule has 0 bridgehead atoms. The van der Waals surface area contributed by atoms with Crippen molar-refractivity contribution in [2.45, 2.75) is 45.6 Å². The highest BCUT2D eigenvalue weighted by atomic mass is 16.1. The van der Waals surface area contributed by atoms with E-state index in [1.165, 1.54) is 5.56 Å². The fourth-order valence-corrected chi connectivity index (χ4v) is 1.73. The van der Waals surface area contributed by atoms with Gasteiger partial charge in [0.2, 0.25) is 0 Å². The summed E-state index contributed by atoms with van der Waals surface area (Å²) in [5, 5.41) is 3.32. The lowest BCUT2D eigenvalue weighted by atomic mass is 10.1. The Hall–Kier alpha value is -1.15. The number of ketones is 1. The van der Waals surface area contributed by atoms with Crippen molar-refractivity contribution in [3.8, 4) is 0 Å². The molecule has 0 saturated heterocycles. The van der Waals surface area contributed by atoms with Crippen molar-refractivity contribution in [2.24, 2.45) is 0 Å². The summed E-state index contributed by atoms with van der Waals surface area (Å²) in [5.74, 6) is 0.374. The summed E-state index contributed by atoms with van der Waals surface area (Å²) in [6, 6.07) is 10.7. The number of aryl methyl sites for hydroxylation is 1. The van der Waals surface area contributed by atoms with Crippen LogP contribution in [-0.4, -0.2) is 18.4 Å². The van der Waals surface area contributed by atoms with E-state index in [-0.39, 0.29) is 0 Å². The zero-order valence-electron chi connectivity index (χ0n) is 10.9. The van der Waals surface area contributed by atoms with E-state index in [0.29, 0.717) is 24.7 Å². The van der Waals surface area contributed by atoms with Crippen LogP contribution in [0.15, 0.2) is 30.3 Å². The van der Waals surface area contributed by atoms with Gasteiger partial charge in [-0.05, 0) is 24.9 Å². The summed E-state index contributed by atoms with van der Waals surface area (Å²) < 4.78 is 0. The molecular weight excluding hydrogens is 210 g/mol. The highest BCUT2D eigenvalue weighted by Crippen LogP contribution is 2.04.